The van der Waals surface area contributed by atoms with Gasteiger partial charge < -0.3 is 10.6 Å². The van der Waals surface area contributed by atoms with E-state index >= 15 is 0 Å². The van der Waals surface area contributed by atoms with Gasteiger partial charge in [0.1, 0.15) is 0 Å². The van der Waals surface area contributed by atoms with Gasteiger partial charge >= 0.3 is 0 Å². The quantitative estimate of drug-likeness (QED) is 0.859. The average molecular weight is 264 g/mol. The van der Waals surface area contributed by atoms with Crippen LogP contribution in [0.5, 0.6) is 0 Å². The number of piperidine rings is 1. The monoisotopic (exact) mass is 264 g/mol. The number of rotatable bonds is 2. The van der Waals surface area contributed by atoms with Crippen LogP contribution in [-0.2, 0) is 12.8 Å². The molecule has 0 saturated carbocycles. The summed E-state index contributed by atoms with van der Waals surface area (Å²) in [6, 6.07) is 0.359. The Morgan fingerprint density at radius 1 is 1.28 bits per heavy atom. The van der Waals surface area contributed by atoms with Gasteiger partial charge in [0.25, 0.3) is 5.91 Å². The normalized spacial score (nSPS) is 20.4. The number of nitrogens with one attached hydrogen (secondary N) is 2. The summed E-state index contributed by atoms with van der Waals surface area (Å²) in [4.78, 5) is 13.8. The van der Waals surface area contributed by atoms with E-state index < -0.39 is 0 Å². The molecule has 18 heavy (non-hydrogen) atoms. The zero-order valence-corrected chi connectivity index (χ0v) is 11.4. The van der Waals surface area contributed by atoms with Crippen LogP contribution in [0.15, 0.2) is 5.38 Å². The fourth-order valence-electron chi connectivity index (χ4n) is 2.91. The van der Waals surface area contributed by atoms with Crippen LogP contribution in [0.3, 0.4) is 0 Å². The maximum Gasteiger partial charge on any atom is 0.252 e. The minimum absolute atomic E-state index is 0.154. The van der Waals surface area contributed by atoms with Crippen molar-refractivity contribution in [2.24, 2.45) is 0 Å². The van der Waals surface area contributed by atoms with Gasteiger partial charge in [0.15, 0.2) is 0 Å². The second-order valence-electron chi connectivity index (χ2n) is 5.26. The molecule has 2 N–H and O–H groups in total. The molecule has 0 aromatic carbocycles. The lowest BCUT2D eigenvalue weighted by atomic mass is 9.95. The highest BCUT2D eigenvalue weighted by molar-refractivity contribution is 7.10. The van der Waals surface area contributed by atoms with Crippen LogP contribution >= 0.6 is 11.3 Å². The van der Waals surface area contributed by atoms with E-state index in [4.69, 9.17) is 0 Å². The molecule has 1 amide bonds. The molecule has 0 bridgehead atoms. The van der Waals surface area contributed by atoms with Gasteiger partial charge in [0.05, 0.1) is 5.56 Å². The molecule has 1 aliphatic carbocycles. The molecule has 0 spiro atoms. The first kappa shape index (κ1) is 12.2. The standard InChI is InChI=1S/C14H20N2OS/c17-14(16-10-5-7-15-8-6-10)12-9-18-13-4-2-1-3-11(12)13/h9-10,15H,1-8H2,(H,16,17). The fourth-order valence-corrected chi connectivity index (χ4v) is 4.04. The highest BCUT2D eigenvalue weighted by atomic mass is 32.1. The molecule has 1 aromatic heterocycles. The van der Waals surface area contributed by atoms with Crippen molar-refractivity contribution in [2.45, 2.75) is 44.6 Å². The van der Waals surface area contributed by atoms with E-state index in [1.165, 1.54) is 29.7 Å². The molecule has 3 nitrogen and oxygen atoms in total. The van der Waals surface area contributed by atoms with Gasteiger partial charge in [0, 0.05) is 16.3 Å². The van der Waals surface area contributed by atoms with Crippen LogP contribution in [0.2, 0.25) is 0 Å². The van der Waals surface area contributed by atoms with Gasteiger partial charge in [-0.05, 0) is 57.2 Å². The molecule has 1 aromatic rings. The molecule has 2 aliphatic rings. The number of hydrogen-bond acceptors (Lipinski definition) is 3. The van der Waals surface area contributed by atoms with Crippen LogP contribution in [-0.4, -0.2) is 25.0 Å². The average Bonchev–Trinajstić information content (AvgIpc) is 2.84. The van der Waals surface area contributed by atoms with Crippen LogP contribution in [0.4, 0.5) is 0 Å². The molecule has 0 atom stereocenters. The first-order chi connectivity index (χ1) is 8.84. The van der Waals surface area contributed by atoms with Gasteiger partial charge in [-0.3, -0.25) is 4.79 Å². The third-order valence-electron chi connectivity index (χ3n) is 3.98. The Balaban J connectivity index is 1.70. The van der Waals surface area contributed by atoms with E-state index in [0.717, 1.165) is 37.9 Å². The summed E-state index contributed by atoms with van der Waals surface area (Å²) < 4.78 is 0. The van der Waals surface area contributed by atoms with Crippen molar-refractivity contribution in [1.29, 1.82) is 0 Å². The first-order valence-corrected chi connectivity index (χ1v) is 7.83. The van der Waals surface area contributed by atoms with Crippen molar-refractivity contribution in [3.63, 3.8) is 0 Å². The van der Waals surface area contributed by atoms with E-state index in [9.17, 15) is 4.79 Å². The van der Waals surface area contributed by atoms with Gasteiger partial charge in [-0.2, -0.15) is 0 Å². The Hall–Kier alpha value is -0.870. The zero-order chi connectivity index (χ0) is 12.4. The lowest BCUT2D eigenvalue weighted by Crippen LogP contribution is -2.42. The van der Waals surface area contributed by atoms with E-state index in [2.05, 4.69) is 16.0 Å². The van der Waals surface area contributed by atoms with Crippen molar-refractivity contribution < 1.29 is 4.79 Å². The van der Waals surface area contributed by atoms with E-state index in [1.807, 2.05) is 0 Å². The number of aryl methyl sites for hydroxylation is 1. The maximum atomic E-state index is 12.3. The minimum atomic E-state index is 0.154. The van der Waals surface area contributed by atoms with Gasteiger partial charge in [0.2, 0.25) is 0 Å². The minimum Gasteiger partial charge on any atom is -0.349 e. The van der Waals surface area contributed by atoms with Crippen LogP contribution < -0.4 is 10.6 Å². The lowest BCUT2D eigenvalue weighted by molar-refractivity contribution is 0.0929. The summed E-state index contributed by atoms with van der Waals surface area (Å²) in [6.07, 6.45) is 6.88. The Morgan fingerprint density at radius 2 is 2.06 bits per heavy atom. The fraction of sp³-hybridized carbons (Fsp3) is 0.643. The molecular weight excluding hydrogens is 244 g/mol. The van der Waals surface area contributed by atoms with E-state index in [0.29, 0.717) is 6.04 Å². The summed E-state index contributed by atoms with van der Waals surface area (Å²) in [6.45, 7) is 2.04. The lowest BCUT2D eigenvalue weighted by Gasteiger charge is -2.24. The van der Waals surface area contributed by atoms with E-state index in [-0.39, 0.29) is 5.91 Å². The van der Waals surface area contributed by atoms with Crippen molar-refractivity contribution in [3.8, 4) is 0 Å². The largest absolute Gasteiger partial charge is 0.349 e. The van der Waals surface area contributed by atoms with Crippen molar-refractivity contribution in [3.05, 3.63) is 21.4 Å². The van der Waals surface area contributed by atoms with E-state index in [1.54, 1.807) is 11.3 Å². The predicted octanol–water partition coefficient (Wildman–Crippen LogP) is 2.11. The molecule has 2 heterocycles. The Kier molecular flexibility index (Phi) is 3.66. The highest BCUT2D eigenvalue weighted by Gasteiger charge is 2.22. The van der Waals surface area contributed by atoms with Gasteiger partial charge in [-0.15, -0.1) is 11.3 Å². The van der Waals surface area contributed by atoms with Crippen LogP contribution in [0, 0.1) is 0 Å². The molecule has 98 valence electrons. The molecular formula is C14H20N2OS. The number of carbonyl (C=O) groups excluding carboxylic acids is 1. The highest BCUT2D eigenvalue weighted by Crippen LogP contribution is 2.30. The van der Waals surface area contributed by atoms with Gasteiger partial charge in [-0.25, -0.2) is 0 Å². The molecule has 1 aliphatic heterocycles. The van der Waals surface area contributed by atoms with Crippen LogP contribution in [0.1, 0.15) is 46.5 Å². The SMILES string of the molecule is O=C(NC1CCNCC1)c1csc2c1CCCC2. The molecule has 1 saturated heterocycles. The third kappa shape index (κ3) is 2.45. The van der Waals surface area contributed by atoms with Crippen molar-refractivity contribution >= 4 is 17.2 Å². The predicted molar refractivity (Wildman–Crippen MR) is 74.3 cm³/mol. The smallest absolute Gasteiger partial charge is 0.252 e. The Morgan fingerprint density at radius 3 is 2.89 bits per heavy atom. The summed E-state index contributed by atoms with van der Waals surface area (Å²) in [5.41, 5.74) is 2.28. The third-order valence-corrected chi connectivity index (χ3v) is 5.07. The molecule has 4 heteroatoms. The van der Waals surface area contributed by atoms with Crippen molar-refractivity contribution in [1.82, 2.24) is 10.6 Å². The summed E-state index contributed by atoms with van der Waals surface area (Å²) in [5.74, 6) is 0.154. The van der Waals surface area contributed by atoms with Crippen LogP contribution in [0.25, 0.3) is 0 Å². The number of amides is 1. The molecule has 0 radical (unpaired) electrons. The maximum absolute atomic E-state index is 12.3. The zero-order valence-electron chi connectivity index (χ0n) is 10.6. The Bertz CT molecular complexity index is 435. The number of carbonyl (C=O) groups is 1. The van der Waals surface area contributed by atoms with Gasteiger partial charge in [-0.1, -0.05) is 0 Å². The summed E-state index contributed by atoms with van der Waals surface area (Å²) in [7, 11) is 0. The molecule has 1 fully saturated rings. The first-order valence-electron chi connectivity index (χ1n) is 6.95. The Labute approximate surface area is 112 Å². The second kappa shape index (κ2) is 5.41. The van der Waals surface area contributed by atoms with Crippen molar-refractivity contribution in [2.75, 3.05) is 13.1 Å². The molecule has 3 rings (SSSR count). The number of fused-ring (bicyclic) bond motifs is 1. The molecule has 0 unspecified atom stereocenters. The second-order valence-corrected chi connectivity index (χ2v) is 6.22. The topological polar surface area (TPSA) is 41.1 Å². The number of thiophene rings is 1. The summed E-state index contributed by atoms with van der Waals surface area (Å²) in [5, 5.41) is 8.58. The summed E-state index contributed by atoms with van der Waals surface area (Å²) >= 11 is 1.77. The number of hydrogen-bond donors (Lipinski definition) is 2.